The highest BCUT2D eigenvalue weighted by Crippen LogP contribution is 2.32. The van der Waals surface area contributed by atoms with Gasteiger partial charge in [0, 0.05) is 24.3 Å². The fraction of sp³-hybridized carbons (Fsp3) is 0.500. The van der Waals surface area contributed by atoms with Crippen LogP contribution in [-0.4, -0.2) is 30.0 Å². The monoisotopic (exact) mass is 316 g/mol. The summed E-state index contributed by atoms with van der Waals surface area (Å²) in [7, 11) is 3.17. The third-order valence-electron chi connectivity index (χ3n) is 3.74. The van der Waals surface area contributed by atoms with Crippen molar-refractivity contribution in [3.8, 4) is 11.5 Å². The van der Waals surface area contributed by atoms with Gasteiger partial charge in [0.05, 0.1) is 25.4 Å². The Balaban J connectivity index is 2.28. The molecule has 0 atom stereocenters. The Morgan fingerprint density at radius 1 is 1.09 bits per heavy atom. The first kappa shape index (κ1) is 17.2. The molecule has 0 saturated carbocycles. The molecule has 0 amide bonds. The van der Waals surface area contributed by atoms with Crippen LogP contribution in [0, 0.1) is 5.41 Å². The molecule has 1 aromatic heterocycles. The Morgan fingerprint density at radius 3 is 2.35 bits per heavy atom. The number of fused-ring (bicyclic) bond motifs is 1. The molecule has 0 bridgehead atoms. The maximum Gasteiger partial charge on any atom is 0.162 e. The Kier molecular flexibility index (Phi) is 5.19. The van der Waals surface area contributed by atoms with Gasteiger partial charge < -0.3 is 9.47 Å². The summed E-state index contributed by atoms with van der Waals surface area (Å²) in [4.78, 5) is 20.8. The lowest BCUT2D eigenvalue weighted by Gasteiger charge is -2.17. The number of ether oxygens (including phenoxy) is 2. The summed E-state index contributed by atoms with van der Waals surface area (Å²) in [5.41, 5.74) is 1.63. The van der Waals surface area contributed by atoms with Crippen molar-refractivity contribution < 1.29 is 14.3 Å². The SMILES string of the molecule is COc1cc2ncnc(CC(=O)CCC(C)(C)C)c2cc1OC. The minimum absolute atomic E-state index is 0.153. The fourth-order valence-corrected chi connectivity index (χ4v) is 2.37. The Bertz CT molecular complexity index is 705. The van der Waals surface area contributed by atoms with Crippen LogP contribution in [0.25, 0.3) is 10.9 Å². The van der Waals surface area contributed by atoms with Crippen LogP contribution in [0.3, 0.4) is 0 Å². The average molecular weight is 316 g/mol. The second-order valence-corrected chi connectivity index (χ2v) is 6.82. The molecule has 0 saturated heterocycles. The molecular formula is C18H24N2O3. The van der Waals surface area contributed by atoms with Crippen LogP contribution in [0.4, 0.5) is 0 Å². The zero-order valence-electron chi connectivity index (χ0n) is 14.5. The number of ketones is 1. The van der Waals surface area contributed by atoms with Crippen LogP contribution in [0.15, 0.2) is 18.5 Å². The lowest BCUT2D eigenvalue weighted by Crippen LogP contribution is -2.11. The molecule has 1 aromatic carbocycles. The normalized spacial score (nSPS) is 11.5. The van der Waals surface area contributed by atoms with Gasteiger partial charge in [-0.3, -0.25) is 4.79 Å². The lowest BCUT2D eigenvalue weighted by molar-refractivity contribution is -0.118. The van der Waals surface area contributed by atoms with Gasteiger partial charge in [0.2, 0.25) is 0 Å². The number of nitrogens with zero attached hydrogens (tertiary/aromatic N) is 2. The lowest BCUT2D eigenvalue weighted by atomic mass is 9.89. The summed E-state index contributed by atoms with van der Waals surface area (Å²) in [6.07, 6.45) is 3.22. The molecule has 5 nitrogen and oxygen atoms in total. The third-order valence-corrected chi connectivity index (χ3v) is 3.74. The molecule has 23 heavy (non-hydrogen) atoms. The van der Waals surface area contributed by atoms with Crippen molar-refractivity contribution in [1.82, 2.24) is 9.97 Å². The molecule has 0 spiro atoms. The van der Waals surface area contributed by atoms with Crippen LogP contribution in [0.1, 0.15) is 39.3 Å². The standard InChI is InChI=1S/C18H24N2O3/c1-18(2,3)7-6-12(21)8-14-13-9-16(22-4)17(23-5)10-15(13)20-11-19-14/h9-11H,6-8H2,1-5H3. The predicted molar refractivity (Wildman–Crippen MR) is 90.0 cm³/mol. The van der Waals surface area contributed by atoms with Gasteiger partial charge in [-0.25, -0.2) is 9.97 Å². The zero-order chi connectivity index (χ0) is 17.0. The van der Waals surface area contributed by atoms with Crippen LogP contribution >= 0.6 is 0 Å². The highest BCUT2D eigenvalue weighted by atomic mass is 16.5. The van der Waals surface area contributed by atoms with Crippen molar-refractivity contribution in [3.05, 3.63) is 24.2 Å². The Labute approximate surface area is 137 Å². The van der Waals surface area contributed by atoms with E-state index < -0.39 is 0 Å². The third kappa shape index (κ3) is 4.41. The largest absolute Gasteiger partial charge is 0.493 e. The van der Waals surface area contributed by atoms with Gasteiger partial charge >= 0.3 is 0 Å². The first-order valence-corrected chi connectivity index (χ1v) is 7.71. The summed E-state index contributed by atoms with van der Waals surface area (Å²) in [5.74, 6) is 1.41. The second-order valence-electron chi connectivity index (χ2n) is 6.82. The summed E-state index contributed by atoms with van der Waals surface area (Å²) in [5, 5.41) is 0.828. The molecule has 5 heteroatoms. The Hall–Kier alpha value is -2.17. The van der Waals surface area contributed by atoms with Gasteiger partial charge in [-0.15, -0.1) is 0 Å². The van der Waals surface area contributed by atoms with E-state index in [1.54, 1.807) is 20.3 Å². The van der Waals surface area contributed by atoms with Gasteiger partial charge in [-0.1, -0.05) is 20.8 Å². The molecule has 0 aliphatic rings. The number of rotatable bonds is 6. The molecular weight excluding hydrogens is 292 g/mol. The molecule has 2 aromatic rings. The average Bonchev–Trinajstić information content (AvgIpc) is 2.51. The molecule has 124 valence electrons. The number of hydrogen-bond acceptors (Lipinski definition) is 5. The molecule has 0 radical (unpaired) electrons. The summed E-state index contributed by atoms with van der Waals surface area (Å²) in [6, 6.07) is 3.64. The molecule has 0 N–H and O–H groups in total. The van der Waals surface area contributed by atoms with Crippen molar-refractivity contribution in [2.75, 3.05) is 14.2 Å². The van der Waals surface area contributed by atoms with Gasteiger partial charge in [-0.05, 0) is 17.9 Å². The first-order valence-electron chi connectivity index (χ1n) is 7.71. The topological polar surface area (TPSA) is 61.3 Å². The highest BCUT2D eigenvalue weighted by Gasteiger charge is 2.16. The van der Waals surface area contributed by atoms with Crippen molar-refractivity contribution in [3.63, 3.8) is 0 Å². The van der Waals surface area contributed by atoms with E-state index in [4.69, 9.17) is 9.47 Å². The minimum atomic E-state index is 0.153. The van der Waals surface area contributed by atoms with Crippen LogP contribution in [-0.2, 0) is 11.2 Å². The molecule has 0 unspecified atom stereocenters. The fourth-order valence-electron chi connectivity index (χ4n) is 2.37. The minimum Gasteiger partial charge on any atom is -0.493 e. The van der Waals surface area contributed by atoms with Crippen molar-refractivity contribution in [2.24, 2.45) is 5.41 Å². The van der Waals surface area contributed by atoms with E-state index in [1.165, 1.54) is 6.33 Å². The summed E-state index contributed by atoms with van der Waals surface area (Å²) < 4.78 is 10.6. The molecule has 1 heterocycles. The van der Waals surface area contributed by atoms with E-state index >= 15 is 0 Å². The van der Waals surface area contributed by atoms with E-state index in [9.17, 15) is 4.79 Å². The molecule has 2 rings (SSSR count). The van der Waals surface area contributed by atoms with Gasteiger partial charge in [0.1, 0.15) is 12.1 Å². The number of carbonyl (C=O) groups excluding carboxylic acids is 1. The predicted octanol–water partition coefficient (Wildman–Crippen LogP) is 3.58. The van der Waals surface area contributed by atoms with Crippen LogP contribution < -0.4 is 9.47 Å². The maximum absolute atomic E-state index is 12.3. The van der Waals surface area contributed by atoms with Gasteiger partial charge in [0.25, 0.3) is 0 Å². The first-order chi connectivity index (χ1) is 10.8. The van der Waals surface area contributed by atoms with Crippen molar-refractivity contribution in [1.29, 1.82) is 0 Å². The molecule has 0 aliphatic carbocycles. The smallest absolute Gasteiger partial charge is 0.162 e. The number of Topliss-reactive ketones (excluding diaryl/α,β-unsaturated/α-hetero) is 1. The Morgan fingerprint density at radius 2 is 1.74 bits per heavy atom. The van der Waals surface area contributed by atoms with Crippen molar-refractivity contribution in [2.45, 2.75) is 40.0 Å². The number of methoxy groups -OCH3 is 2. The van der Waals surface area contributed by atoms with E-state index in [0.717, 1.165) is 23.0 Å². The number of benzene rings is 1. The number of carbonyl (C=O) groups is 1. The zero-order valence-corrected chi connectivity index (χ0v) is 14.5. The van der Waals surface area contributed by atoms with Crippen LogP contribution in [0.5, 0.6) is 11.5 Å². The number of aromatic nitrogens is 2. The maximum atomic E-state index is 12.3. The van der Waals surface area contributed by atoms with E-state index in [0.29, 0.717) is 24.3 Å². The molecule has 0 fully saturated rings. The molecule has 0 aliphatic heterocycles. The summed E-state index contributed by atoms with van der Waals surface area (Å²) in [6.45, 7) is 6.41. The van der Waals surface area contributed by atoms with Crippen LogP contribution in [0.2, 0.25) is 0 Å². The van der Waals surface area contributed by atoms with E-state index in [-0.39, 0.29) is 11.2 Å². The highest BCUT2D eigenvalue weighted by molar-refractivity contribution is 5.89. The number of hydrogen-bond donors (Lipinski definition) is 0. The van der Waals surface area contributed by atoms with Crippen molar-refractivity contribution >= 4 is 16.7 Å². The summed E-state index contributed by atoms with van der Waals surface area (Å²) >= 11 is 0. The van der Waals surface area contributed by atoms with E-state index in [2.05, 4.69) is 30.7 Å². The second kappa shape index (κ2) is 6.94. The van der Waals surface area contributed by atoms with Gasteiger partial charge in [-0.2, -0.15) is 0 Å². The van der Waals surface area contributed by atoms with Gasteiger partial charge in [0.15, 0.2) is 11.5 Å². The quantitative estimate of drug-likeness (QED) is 0.815. The van der Waals surface area contributed by atoms with E-state index in [1.807, 2.05) is 6.07 Å².